The van der Waals surface area contributed by atoms with Crippen molar-refractivity contribution >= 4 is 22.6 Å². The molecule has 3 aromatic heterocycles. The summed E-state index contributed by atoms with van der Waals surface area (Å²) in [5.74, 6) is -0.633. The number of halogens is 1. The van der Waals surface area contributed by atoms with Gasteiger partial charge in [-0.2, -0.15) is 5.10 Å². The van der Waals surface area contributed by atoms with Crippen LogP contribution in [0, 0.1) is 5.82 Å². The highest BCUT2D eigenvalue weighted by molar-refractivity contribution is 5.94. The minimum absolute atomic E-state index is 0. The smallest absolute Gasteiger partial charge is 0.253 e. The van der Waals surface area contributed by atoms with Crippen LogP contribution in [-0.2, 0) is 6.42 Å². The lowest BCUT2D eigenvalue weighted by Crippen LogP contribution is -2.19. The molecule has 1 amide bonds. The zero-order valence-corrected chi connectivity index (χ0v) is 16.6. The van der Waals surface area contributed by atoms with E-state index in [1.807, 2.05) is 24.3 Å². The molecule has 0 fully saturated rings. The van der Waals surface area contributed by atoms with E-state index < -0.39 is 11.7 Å². The average molecular weight is 428 g/mol. The number of fused-ring (bicyclic) bond motifs is 2. The number of amides is 1. The van der Waals surface area contributed by atoms with Crippen LogP contribution >= 0.6 is 0 Å². The number of hydrogen-bond acceptors (Lipinski definition) is 5. The number of carbonyl (C=O) groups is 1. The summed E-state index contributed by atoms with van der Waals surface area (Å²) < 4.78 is 16.0. The molecule has 0 radical (unpaired) electrons. The van der Waals surface area contributed by atoms with Gasteiger partial charge in [0.2, 0.25) is 0 Å². The molecule has 1 N–H and O–H groups in total. The van der Waals surface area contributed by atoms with E-state index in [0.29, 0.717) is 23.5 Å². The maximum absolute atomic E-state index is 14.4. The Labute approximate surface area is 184 Å². The number of rotatable bonds is 4. The second-order valence-electron chi connectivity index (χ2n) is 7.09. The Balaban J connectivity index is 0.00000245. The summed E-state index contributed by atoms with van der Waals surface area (Å²) in [5, 5.41) is 8.09. The van der Waals surface area contributed by atoms with Crippen LogP contribution in [0.25, 0.3) is 27.9 Å². The van der Waals surface area contributed by atoms with E-state index in [-0.39, 0.29) is 13.0 Å². The van der Waals surface area contributed by atoms with Crippen molar-refractivity contribution in [3.05, 3.63) is 89.8 Å². The van der Waals surface area contributed by atoms with E-state index in [1.165, 1.54) is 19.2 Å². The van der Waals surface area contributed by atoms with Crippen LogP contribution in [0.4, 0.5) is 4.39 Å². The Morgan fingerprint density at radius 1 is 1.06 bits per heavy atom. The fourth-order valence-corrected chi connectivity index (χ4v) is 3.51. The number of nitrogens with zero attached hydrogens (tertiary/aromatic N) is 5. The van der Waals surface area contributed by atoms with E-state index in [0.717, 1.165) is 22.2 Å². The van der Waals surface area contributed by atoms with Crippen molar-refractivity contribution in [2.75, 3.05) is 7.05 Å². The number of hydrogen-bond donors (Lipinski definition) is 1. The highest BCUT2D eigenvalue weighted by Crippen LogP contribution is 2.21. The van der Waals surface area contributed by atoms with E-state index in [9.17, 15) is 9.18 Å². The lowest BCUT2D eigenvalue weighted by atomic mass is 10.1. The van der Waals surface area contributed by atoms with Crippen LogP contribution in [0.15, 0.2) is 67.1 Å². The summed E-state index contributed by atoms with van der Waals surface area (Å²) in [5.41, 5.74) is 3.88. The van der Waals surface area contributed by atoms with Crippen LogP contribution in [-0.4, -0.2) is 37.5 Å². The maximum Gasteiger partial charge on any atom is 0.253 e. The molecule has 5 rings (SSSR count). The van der Waals surface area contributed by atoms with Gasteiger partial charge in [-0.05, 0) is 35.9 Å². The molecule has 0 bridgehead atoms. The quantitative estimate of drug-likeness (QED) is 0.467. The number of nitrogens with one attached hydrogen (secondary N) is 1. The highest BCUT2D eigenvalue weighted by Gasteiger charge is 2.14. The molecule has 0 saturated heterocycles. The van der Waals surface area contributed by atoms with Crippen LogP contribution in [0.1, 0.15) is 29.0 Å². The van der Waals surface area contributed by atoms with E-state index in [4.69, 9.17) is 0 Å². The van der Waals surface area contributed by atoms with Gasteiger partial charge in [-0.1, -0.05) is 25.6 Å². The third-order valence-electron chi connectivity index (χ3n) is 5.09. The standard InChI is InChI=1S/C23H17FN6O.CH4/c1-25-22(31)18-6-5-16(11-19(18)24)21-13-28-23-27-12-17(30(23)29-21)10-14-4-7-20-15(9-14)3-2-8-26-20;/h2-9,11-13H,10H2,1H3,(H,25,31);1H4. The topological polar surface area (TPSA) is 85.1 Å². The summed E-state index contributed by atoms with van der Waals surface area (Å²) in [6.45, 7) is 0. The second-order valence-corrected chi connectivity index (χ2v) is 7.09. The summed E-state index contributed by atoms with van der Waals surface area (Å²) in [4.78, 5) is 24.8. The Kier molecular flexibility index (Phi) is 5.59. The van der Waals surface area contributed by atoms with Gasteiger partial charge in [0.05, 0.1) is 29.2 Å². The molecule has 32 heavy (non-hydrogen) atoms. The highest BCUT2D eigenvalue weighted by atomic mass is 19.1. The van der Waals surface area contributed by atoms with E-state index in [1.54, 1.807) is 29.2 Å². The van der Waals surface area contributed by atoms with Crippen LogP contribution in [0.3, 0.4) is 0 Å². The number of aromatic nitrogens is 5. The molecule has 0 unspecified atom stereocenters. The van der Waals surface area contributed by atoms with Gasteiger partial charge in [0.1, 0.15) is 11.5 Å². The summed E-state index contributed by atoms with van der Waals surface area (Å²) in [7, 11) is 1.46. The first-order valence-corrected chi connectivity index (χ1v) is 9.68. The van der Waals surface area contributed by atoms with Gasteiger partial charge in [0, 0.05) is 30.6 Å². The Morgan fingerprint density at radius 2 is 1.91 bits per heavy atom. The lowest BCUT2D eigenvalue weighted by molar-refractivity contribution is 0.0959. The molecular formula is C24H21FN6O. The Bertz CT molecular complexity index is 1450. The Morgan fingerprint density at radius 3 is 2.72 bits per heavy atom. The monoisotopic (exact) mass is 428 g/mol. The Hall–Kier alpha value is -4.20. The predicted octanol–water partition coefficient (Wildman–Crippen LogP) is 4.07. The first-order valence-electron chi connectivity index (χ1n) is 9.68. The molecule has 160 valence electrons. The lowest BCUT2D eigenvalue weighted by Gasteiger charge is -2.07. The molecule has 2 aromatic carbocycles. The van der Waals surface area contributed by atoms with Gasteiger partial charge in [0.25, 0.3) is 11.7 Å². The summed E-state index contributed by atoms with van der Waals surface area (Å²) in [6.07, 6.45) is 5.66. The molecule has 0 aliphatic carbocycles. The minimum atomic E-state index is -0.616. The molecule has 0 aliphatic heterocycles. The number of imidazole rings is 1. The number of carbonyl (C=O) groups excluding carboxylic acids is 1. The SMILES string of the molecule is C.CNC(=O)c1ccc(-c2cnc3ncc(Cc4ccc5ncccc5c4)n3n2)cc1F. The first kappa shape index (κ1) is 21.0. The molecular weight excluding hydrogens is 407 g/mol. The van der Waals surface area contributed by atoms with Crippen molar-refractivity contribution in [1.82, 2.24) is 29.9 Å². The summed E-state index contributed by atoms with van der Waals surface area (Å²) >= 11 is 0. The van der Waals surface area contributed by atoms with Crippen molar-refractivity contribution in [2.45, 2.75) is 13.8 Å². The van der Waals surface area contributed by atoms with Crippen LogP contribution < -0.4 is 5.32 Å². The van der Waals surface area contributed by atoms with E-state index in [2.05, 4.69) is 31.4 Å². The van der Waals surface area contributed by atoms with Gasteiger partial charge in [-0.3, -0.25) is 9.78 Å². The molecule has 0 spiro atoms. The fraction of sp³-hybridized carbons (Fsp3) is 0.125. The van der Waals surface area contributed by atoms with Crippen molar-refractivity contribution in [2.24, 2.45) is 0 Å². The second kappa shape index (κ2) is 8.50. The number of benzene rings is 2. The molecule has 3 heterocycles. The number of pyridine rings is 1. The molecule has 0 aliphatic rings. The van der Waals surface area contributed by atoms with Crippen molar-refractivity contribution in [1.29, 1.82) is 0 Å². The van der Waals surface area contributed by atoms with Crippen LogP contribution in [0.2, 0.25) is 0 Å². The van der Waals surface area contributed by atoms with Crippen LogP contribution in [0.5, 0.6) is 0 Å². The third-order valence-corrected chi connectivity index (χ3v) is 5.09. The van der Waals surface area contributed by atoms with Gasteiger partial charge in [-0.15, -0.1) is 0 Å². The van der Waals surface area contributed by atoms with Gasteiger partial charge >= 0.3 is 0 Å². The normalized spacial score (nSPS) is 10.8. The maximum atomic E-state index is 14.4. The predicted molar refractivity (Wildman–Crippen MR) is 121 cm³/mol. The minimum Gasteiger partial charge on any atom is -0.355 e. The molecule has 0 saturated carbocycles. The summed E-state index contributed by atoms with van der Waals surface area (Å²) in [6, 6.07) is 14.4. The average Bonchev–Trinajstić information content (AvgIpc) is 3.20. The zero-order chi connectivity index (χ0) is 21.4. The van der Waals surface area contributed by atoms with Crippen molar-refractivity contribution in [3.63, 3.8) is 0 Å². The molecule has 7 nitrogen and oxygen atoms in total. The third kappa shape index (κ3) is 3.78. The van der Waals surface area contributed by atoms with Crippen molar-refractivity contribution < 1.29 is 9.18 Å². The first-order chi connectivity index (χ1) is 15.1. The van der Waals surface area contributed by atoms with Gasteiger partial charge < -0.3 is 5.32 Å². The largest absolute Gasteiger partial charge is 0.355 e. The van der Waals surface area contributed by atoms with E-state index >= 15 is 0 Å². The zero-order valence-electron chi connectivity index (χ0n) is 16.6. The molecule has 0 atom stereocenters. The fourth-order valence-electron chi connectivity index (χ4n) is 3.51. The van der Waals surface area contributed by atoms with Gasteiger partial charge in [0.15, 0.2) is 0 Å². The molecule has 5 aromatic rings. The van der Waals surface area contributed by atoms with Crippen molar-refractivity contribution in [3.8, 4) is 11.3 Å². The molecule has 8 heteroatoms. The van der Waals surface area contributed by atoms with Gasteiger partial charge in [-0.25, -0.2) is 18.9 Å².